The molecule has 0 aliphatic heterocycles. The van der Waals surface area contributed by atoms with Gasteiger partial charge in [-0.05, 0) is 28.8 Å². The van der Waals surface area contributed by atoms with Gasteiger partial charge in [-0.15, -0.1) is 16.4 Å². The lowest BCUT2D eigenvalue weighted by molar-refractivity contribution is 0.0190. The van der Waals surface area contributed by atoms with Crippen LogP contribution in [0.2, 0.25) is 0 Å². The molecule has 1 atom stereocenters. The highest BCUT2D eigenvalue weighted by atomic mass is 32.1. The number of ether oxygens (including phenoxy) is 1. The first-order chi connectivity index (χ1) is 8.25. The summed E-state index contributed by atoms with van der Waals surface area (Å²) in [6.45, 7) is 2.95. The molecule has 0 saturated carbocycles. The lowest BCUT2D eigenvalue weighted by Crippen LogP contribution is -2.23. The van der Waals surface area contributed by atoms with Crippen LogP contribution in [0, 0.1) is 6.92 Å². The summed E-state index contributed by atoms with van der Waals surface area (Å²) in [6, 6.07) is 3.98. The summed E-state index contributed by atoms with van der Waals surface area (Å²) < 4.78 is 6.96. The van der Waals surface area contributed by atoms with E-state index < -0.39 is 6.10 Å². The highest BCUT2D eigenvalue weighted by Crippen LogP contribution is 2.09. The van der Waals surface area contributed by atoms with Crippen molar-refractivity contribution < 1.29 is 9.84 Å². The maximum atomic E-state index is 9.74. The van der Waals surface area contributed by atoms with E-state index in [1.54, 1.807) is 22.9 Å². The Balaban J connectivity index is 1.71. The summed E-state index contributed by atoms with van der Waals surface area (Å²) in [7, 11) is 0. The molecule has 0 aliphatic rings. The maximum absolute atomic E-state index is 9.74. The molecule has 0 unspecified atom stereocenters. The van der Waals surface area contributed by atoms with Crippen LogP contribution >= 0.6 is 11.3 Å². The molecule has 0 bridgehead atoms. The Morgan fingerprint density at radius 2 is 2.47 bits per heavy atom. The molecule has 2 rings (SSSR count). The molecule has 7 heteroatoms. The minimum atomic E-state index is -0.600. The molecule has 0 aliphatic carbocycles. The van der Waals surface area contributed by atoms with Gasteiger partial charge in [0.15, 0.2) is 0 Å². The van der Waals surface area contributed by atoms with Gasteiger partial charge in [0.05, 0.1) is 25.9 Å². The van der Waals surface area contributed by atoms with E-state index in [1.165, 1.54) is 0 Å². The van der Waals surface area contributed by atoms with E-state index in [1.807, 2.05) is 17.5 Å². The molecule has 0 saturated heterocycles. The molecule has 0 fully saturated rings. The van der Waals surface area contributed by atoms with Gasteiger partial charge in [-0.1, -0.05) is 6.07 Å². The van der Waals surface area contributed by atoms with Crippen molar-refractivity contribution in [3.8, 4) is 0 Å². The van der Waals surface area contributed by atoms with Gasteiger partial charge in [-0.25, -0.2) is 4.68 Å². The van der Waals surface area contributed by atoms with Crippen LogP contribution in [-0.4, -0.2) is 38.0 Å². The van der Waals surface area contributed by atoms with Crippen LogP contribution in [0.4, 0.5) is 0 Å². The third-order valence-electron chi connectivity index (χ3n) is 2.23. The predicted molar refractivity (Wildman–Crippen MR) is 62.5 cm³/mol. The van der Waals surface area contributed by atoms with Crippen LogP contribution in [0.25, 0.3) is 0 Å². The number of nitrogens with zero attached hydrogens (tertiary/aromatic N) is 4. The first-order valence-electron chi connectivity index (χ1n) is 5.26. The lowest BCUT2D eigenvalue weighted by atomic mass is 10.4. The van der Waals surface area contributed by atoms with Crippen molar-refractivity contribution in [3.05, 3.63) is 28.2 Å². The van der Waals surface area contributed by atoms with Gasteiger partial charge >= 0.3 is 0 Å². The van der Waals surface area contributed by atoms with Crippen molar-refractivity contribution in [3.63, 3.8) is 0 Å². The molecule has 2 aromatic heterocycles. The smallest absolute Gasteiger partial charge is 0.148 e. The molecular formula is C10H14N4O2S. The molecule has 0 amide bonds. The third-order valence-corrected chi connectivity index (χ3v) is 3.08. The van der Waals surface area contributed by atoms with Crippen molar-refractivity contribution in [2.75, 3.05) is 6.61 Å². The number of hydrogen-bond donors (Lipinski definition) is 1. The Labute approximate surface area is 103 Å². The summed E-state index contributed by atoms with van der Waals surface area (Å²) in [4.78, 5) is 1.15. The monoisotopic (exact) mass is 254 g/mol. The molecule has 2 heterocycles. The van der Waals surface area contributed by atoms with Crippen molar-refractivity contribution in [2.45, 2.75) is 26.2 Å². The molecule has 1 N–H and O–H groups in total. The fraction of sp³-hybridized carbons (Fsp3) is 0.500. The molecule has 0 aromatic carbocycles. The number of aromatic nitrogens is 4. The minimum absolute atomic E-state index is 0.275. The van der Waals surface area contributed by atoms with E-state index in [9.17, 15) is 5.11 Å². The first kappa shape index (κ1) is 12.2. The van der Waals surface area contributed by atoms with Gasteiger partial charge in [0.25, 0.3) is 0 Å². The van der Waals surface area contributed by atoms with Gasteiger partial charge in [0, 0.05) is 4.88 Å². The van der Waals surface area contributed by atoms with E-state index in [0.717, 1.165) is 4.88 Å². The second kappa shape index (κ2) is 5.85. The van der Waals surface area contributed by atoms with Crippen LogP contribution < -0.4 is 0 Å². The molecule has 92 valence electrons. The van der Waals surface area contributed by atoms with E-state index in [2.05, 4.69) is 15.5 Å². The third kappa shape index (κ3) is 3.58. The van der Waals surface area contributed by atoms with E-state index >= 15 is 0 Å². The van der Waals surface area contributed by atoms with Gasteiger partial charge in [0.2, 0.25) is 0 Å². The standard InChI is InChI=1S/C10H14N4O2S/c1-8-11-12-13-14(8)5-9(15)6-16-7-10-3-2-4-17-10/h2-4,9,15H,5-7H2,1H3/t9-/m0/s1. The van der Waals surface area contributed by atoms with Crippen molar-refractivity contribution >= 4 is 11.3 Å². The number of hydrogen-bond acceptors (Lipinski definition) is 6. The molecule has 6 nitrogen and oxygen atoms in total. The second-order valence-corrected chi connectivity index (χ2v) is 4.69. The van der Waals surface area contributed by atoms with Gasteiger partial charge < -0.3 is 9.84 Å². The molecule has 0 spiro atoms. The Kier molecular flexibility index (Phi) is 4.18. The van der Waals surface area contributed by atoms with E-state index in [0.29, 0.717) is 19.0 Å². The fourth-order valence-corrected chi connectivity index (χ4v) is 2.00. The topological polar surface area (TPSA) is 73.1 Å². The minimum Gasteiger partial charge on any atom is -0.389 e. The molecular weight excluding hydrogens is 240 g/mol. The van der Waals surface area contributed by atoms with Crippen molar-refractivity contribution in [2.24, 2.45) is 0 Å². The number of aliphatic hydroxyl groups excluding tert-OH is 1. The Morgan fingerprint density at radius 3 is 3.12 bits per heavy atom. The van der Waals surface area contributed by atoms with Crippen LogP contribution in [-0.2, 0) is 17.9 Å². The lowest BCUT2D eigenvalue weighted by Gasteiger charge is -2.10. The summed E-state index contributed by atoms with van der Waals surface area (Å²) in [6.07, 6.45) is -0.600. The van der Waals surface area contributed by atoms with Crippen molar-refractivity contribution in [1.82, 2.24) is 20.2 Å². The van der Waals surface area contributed by atoms with E-state index in [-0.39, 0.29) is 6.61 Å². The van der Waals surface area contributed by atoms with Crippen molar-refractivity contribution in [1.29, 1.82) is 0 Å². The highest BCUT2D eigenvalue weighted by Gasteiger charge is 2.09. The zero-order valence-corrected chi connectivity index (χ0v) is 10.3. The highest BCUT2D eigenvalue weighted by molar-refractivity contribution is 7.09. The summed E-state index contributed by atoms with van der Waals surface area (Å²) in [5.74, 6) is 0.683. The average Bonchev–Trinajstić information content (AvgIpc) is 2.92. The van der Waals surface area contributed by atoms with Gasteiger partial charge in [-0.2, -0.15) is 0 Å². The number of thiophene rings is 1. The first-order valence-corrected chi connectivity index (χ1v) is 6.14. The van der Waals surface area contributed by atoms with Gasteiger partial charge in [0.1, 0.15) is 5.82 Å². The Morgan fingerprint density at radius 1 is 1.59 bits per heavy atom. The Bertz CT molecular complexity index is 443. The summed E-state index contributed by atoms with van der Waals surface area (Å²) in [5.41, 5.74) is 0. The zero-order chi connectivity index (χ0) is 12.1. The van der Waals surface area contributed by atoms with Crippen LogP contribution in [0.3, 0.4) is 0 Å². The second-order valence-electron chi connectivity index (χ2n) is 3.66. The fourth-order valence-electron chi connectivity index (χ4n) is 1.36. The van der Waals surface area contributed by atoms with Crippen LogP contribution in [0.1, 0.15) is 10.7 Å². The average molecular weight is 254 g/mol. The number of tetrazole rings is 1. The summed E-state index contributed by atoms with van der Waals surface area (Å²) >= 11 is 1.64. The SMILES string of the molecule is Cc1nnnn1C[C@H](O)COCc1cccs1. The quantitative estimate of drug-likeness (QED) is 0.818. The molecule has 0 radical (unpaired) electrons. The zero-order valence-electron chi connectivity index (χ0n) is 9.48. The maximum Gasteiger partial charge on any atom is 0.148 e. The largest absolute Gasteiger partial charge is 0.389 e. The van der Waals surface area contributed by atoms with Crippen LogP contribution in [0.5, 0.6) is 0 Å². The van der Waals surface area contributed by atoms with E-state index in [4.69, 9.17) is 4.74 Å². The number of rotatable bonds is 6. The van der Waals surface area contributed by atoms with Crippen LogP contribution in [0.15, 0.2) is 17.5 Å². The number of aliphatic hydroxyl groups is 1. The Hall–Kier alpha value is -1.31. The molecule has 2 aromatic rings. The summed E-state index contributed by atoms with van der Waals surface area (Å²) in [5, 5.41) is 22.7. The normalized spacial score (nSPS) is 12.8. The number of aryl methyl sites for hydroxylation is 1. The van der Waals surface area contributed by atoms with Gasteiger partial charge in [-0.3, -0.25) is 0 Å². The molecule has 17 heavy (non-hydrogen) atoms. The predicted octanol–water partition coefficient (Wildman–Crippen LogP) is 0.621.